The predicted octanol–water partition coefficient (Wildman–Crippen LogP) is 0.957. The highest BCUT2D eigenvalue weighted by Gasteiger charge is 2.13. The van der Waals surface area contributed by atoms with Crippen molar-refractivity contribution in [1.82, 2.24) is 10.0 Å². The van der Waals surface area contributed by atoms with Crippen molar-refractivity contribution in [3.05, 3.63) is 23.5 Å². The highest BCUT2D eigenvalue weighted by molar-refractivity contribution is 5.94. The number of carbonyl (C=O) groups is 1. The maximum absolute atomic E-state index is 11.4. The van der Waals surface area contributed by atoms with Gasteiger partial charge >= 0.3 is 0 Å². The molecule has 0 bridgehead atoms. The maximum atomic E-state index is 11.4. The Morgan fingerprint density at radius 3 is 2.67 bits per heavy atom. The molecule has 0 radical (unpaired) electrons. The number of amides is 1. The zero-order chi connectivity index (χ0) is 9.14. The van der Waals surface area contributed by atoms with Crippen molar-refractivity contribution in [2.45, 2.75) is 6.92 Å². The molecule has 1 heterocycles. The number of hydrogen-bond donors (Lipinski definition) is 1. The van der Waals surface area contributed by atoms with E-state index in [0.29, 0.717) is 5.56 Å². The van der Waals surface area contributed by atoms with Crippen molar-refractivity contribution in [3.63, 3.8) is 0 Å². The molecule has 1 aromatic rings. The van der Waals surface area contributed by atoms with E-state index < -0.39 is 0 Å². The molecular weight excluding hydrogens is 156 g/mol. The van der Waals surface area contributed by atoms with Gasteiger partial charge in [0.2, 0.25) is 0 Å². The average molecular weight is 168 g/mol. The maximum Gasteiger partial charge on any atom is 0.278 e. The summed E-state index contributed by atoms with van der Waals surface area (Å²) in [5.74, 6) is -0.142. The number of H-pyrrole nitrogens is 1. The van der Waals surface area contributed by atoms with Crippen molar-refractivity contribution in [2.75, 3.05) is 14.2 Å². The van der Waals surface area contributed by atoms with Crippen LogP contribution in [0.3, 0.4) is 0 Å². The molecule has 0 saturated carbocycles. The van der Waals surface area contributed by atoms with E-state index in [0.717, 1.165) is 5.56 Å². The topological polar surface area (TPSA) is 45.3 Å². The molecule has 4 nitrogen and oxygen atoms in total. The van der Waals surface area contributed by atoms with E-state index in [2.05, 4.69) is 4.98 Å². The lowest BCUT2D eigenvalue weighted by atomic mass is 10.2. The lowest BCUT2D eigenvalue weighted by Gasteiger charge is -2.12. The van der Waals surface area contributed by atoms with Crippen molar-refractivity contribution < 1.29 is 9.63 Å². The third-order valence-electron chi connectivity index (χ3n) is 1.74. The molecule has 1 amide bonds. The number of aromatic nitrogens is 1. The summed E-state index contributed by atoms with van der Waals surface area (Å²) in [6.45, 7) is 1.87. The molecule has 0 fully saturated rings. The Kier molecular flexibility index (Phi) is 2.50. The Morgan fingerprint density at radius 1 is 1.58 bits per heavy atom. The lowest BCUT2D eigenvalue weighted by molar-refractivity contribution is -0.0757. The van der Waals surface area contributed by atoms with Crippen LogP contribution < -0.4 is 0 Å². The minimum absolute atomic E-state index is 0.142. The fourth-order valence-electron chi connectivity index (χ4n) is 0.925. The molecule has 0 aliphatic rings. The zero-order valence-corrected chi connectivity index (χ0v) is 7.42. The molecular formula is C8H12N2O2. The van der Waals surface area contributed by atoms with Gasteiger partial charge in [-0.1, -0.05) is 0 Å². The van der Waals surface area contributed by atoms with E-state index in [9.17, 15) is 4.79 Å². The second-order valence-electron chi connectivity index (χ2n) is 2.54. The van der Waals surface area contributed by atoms with Gasteiger partial charge in [-0.3, -0.25) is 9.63 Å². The molecule has 1 N–H and O–H groups in total. The zero-order valence-electron chi connectivity index (χ0n) is 7.42. The first-order valence-corrected chi connectivity index (χ1v) is 3.62. The number of aromatic amines is 1. The summed E-state index contributed by atoms with van der Waals surface area (Å²) in [7, 11) is 3.04. The summed E-state index contributed by atoms with van der Waals surface area (Å²) in [5, 5.41) is 1.19. The van der Waals surface area contributed by atoms with Crippen molar-refractivity contribution in [1.29, 1.82) is 0 Å². The normalized spacial score (nSPS) is 9.92. The molecule has 1 aromatic heterocycles. The van der Waals surface area contributed by atoms with Gasteiger partial charge in [-0.15, -0.1) is 0 Å². The smallest absolute Gasteiger partial charge is 0.278 e. The van der Waals surface area contributed by atoms with Gasteiger partial charge in [0.25, 0.3) is 5.91 Å². The Morgan fingerprint density at radius 2 is 2.25 bits per heavy atom. The van der Waals surface area contributed by atoms with E-state index in [1.54, 1.807) is 19.4 Å². The van der Waals surface area contributed by atoms with E-state index in [-0.39, 0.29) is 5.91 Å². The van der Waals surface area contributed by atoms with Gasteiger partial charge in [-0.25, -0.2) is 5.06 Å². The Hall–Kier alpha value is -1.29. The van der Waals surface area contributed by atoms with E-state index >= 15 is 0 Å². The standard InChI is InChI=1S/C8H12N2O2/c1-6-4-9-5-7(6)8(11)10(2)12-3/h4-5,9H,1-3H3. The van der Waals surface area contributed by atoms with Crippen LogP contribution >= 0.6 is 0 Å². The van der Waals surface area contributed by atoms with Crippen LogP contribution in [0.4, 0.5) is 0 Å². The number of nitrogens with one attached hydrogen (secondary N) is 1. The van der Waals surface area contributed by atoms with E-state index in [1.807, 2.05) is 6.92 Å². The van der Waals surface area contributed by atoms with Crippen LogP contribution in [0.2, 0.25) is 0 Å². The minimum Gasteiger partial charge on any atom is -0.367 e. The van der Waals surface area contributed by atoms with Crippen LogP contribution in [0.15, 0.2) is 12.4 Å². The first-order valence-electron chi connectivity index (χ1n) is 3.62. The molecule has 0 unspecified atom stereocenters. The third kappa shape index (κ3) is 1.48. The summed E-state index contributed by atoms with van der Waals surface area (Å²) in [6.07, 6.45) is 3.43. The van der Waals surface area contributed by atoms with Crippen molar-refractivity contribution >= 4 is 5.91 Å². The van der Waals surface area contributed by atoms with Crippen LogP contribution in [-0.4, -0.2) is 30.1 Å². The summed E-state index contributed by atoms with van der Waals surface area (Å²) in [5.41, 5.74) is 1.56. The summed E-state index contributed by atoms with van der Waals surface area (Å²) in [6, 6.07) is 0. The molecule has 0 atom stereocenters. The molecule has 0 aliphatic carbocycles. The first kappa shape index (κ1) is 8.80. The minimum atomic E-state index is -0.142. The van der Waals surface area contributed by atoms with Gasteiger partial charge in [-0.2, -0.15) is 0 Å². The number of rotatable bonds is 2. The monoisotopic (exact) mass is 168 g/mol. The van der Waals surface area contributed by atoms with E-state index in [4.69, 9.17) is 4.84 Å². The van der Waals surface area contributed by atoms with Gasteiger partial charge in [0, 0.05) is 19.4 Å². The number of aryl methyl sites for hydroxylation is 1. The number of carbonyl (C=O) groups excluding carboxylic acids is 1. The molecule has 12 heavy (non-hydrogen) atoms. The Bertz CT molecular complexity index is 280. The fraction of sp³-hybridized carbons (Fsp3) is 0.375. The number of hydroxylamine groups is 2. The fourth-order valence-corrected chi connectivity index (χ4v) is 0.925. The Labute approximate surface area is 71.1 Å². The van der Waals surface area contributed by atoms with Crippen LogP contribution in [0.5, 0.6) is 0 Å². The van der Waals surface area contributed by atoms with Crippen LogP contribution in [0.25, 0.3) is 0 Å². The Balaban J connectivity index is 2.85. The number of hydrogen-bond acceptors (Lipinski definition) is 2. The summed E-state index contributed by atoms with van der Waals surface area (Å²) < 4.78 is 0. The van der Waals surface area contributed by atoms with Crippen LogP contribution in [0.1, 0.15) is 15.9 Å². The molecule has 0 spiro atoms. The predicted molar refractivity (Wildman–Crippen MR) is 44.6 cm³/mol. The SMILES string of the molecule is CON(C)C(=O)c1c[nH]cc1C. The molecule has 0 saturated heterocycles. The van der Waals surface area contributed by atoms with Crippen LogP contribution in [0, 0.1) is 6.92 Å². The molecule has 4 heteroatoms. The van der Waals surface area contributed by atoms with E-state index in [1.165, 1.54) is 12.2 Å². The van der Waals surface area contributed by atoms with Crippen molar-refractivity contribution in [2.24, 2.45) is 0 Å². The van der Waals surface area contributed by atoms with Gasteiger partial charge in [0.05, 0.1) is 12.7 Å². The second-order valence-corrected chi connectivity index (χ2v) is 2.54. The largest absolute Gasteiger partial charge is 0.367 e. The molecule has 0 aromatic carbocycles. The summed E-state index contributed by atoms with van der Waals surface area (Å²) in [4.78, 5) is 19.1. The van der Waals surface area contributed by atoms with Crippen LogP contribution in [-0.2, 0) is 4.84 Å². The number of nitrogens with zero attached hydrogens (tertiary/aromatic N) is 1. The second kappa shape index (κ2) is 3.40. The highest BCUT2D eigenvalue weighted by Crippen LogP contribution is 2.08. The lowest BCUT2D eigenvalue weighted by Crippen LogP contribution is -2.25. The van der Waals surface area contributed by atoms with Gasteiger partial charge in [-0.05, 0) is 12.5 Å². The molecule has 0 aliphatic heterocycles. The first-order chi connectivity index (χ1) is 5.66. The van der Waals surface area contributed by atoms with Gasteiger partial charge in [0.1, 0.15) is 0 Å². The van der Waals surface area contributed by atoms with Gasteiger partial charge < -0.3 is 4.98 Å². The summed E-state index contributed by atoms with van der Waals surface area (Å²) >= 11 is 0. The van der Waals surface area contributed by atoms with Gasteiger partial charge in [0.15, 0.2) is 0 Å². The third-order valence-corrected chi connectivity index (χ3v) is 1.74. The quantitative estimate of drug-likeness (QED) is 0.668. The molecule has 66 valence electrons. The average Bonchev–Trinajstić information content (AvgIpc) is 2.48. The highest BCUT2D eigenvalue weighted by atomic mass is 16.7. The molecule has 1 rings (SSSR count). The van der Waals surface area contributed by atoms with Crippen molar-refractivity contribution in [3.8, 4) is 0 Å².